The molecule has 0 bridgehead atoms. The quantitative estimate of drug-likeness (QED) is 0.548. The Morgan fingerprint density at radius 2 is 1.83 bits per heavy atom. The van der Waals surface area contributed by atoms with Crippen LogP contribution in [0.5, 0.6) is 0 Å². The van der Waals surface area contributed by atoms with Crippen molar-refractivity contribution in [2.24, 2.45) is 11.3 Å². The second-order valence-corrected chi connectivity index (χ2v) is 11.7. The summed E-state index contributed by atoms with van der Waals surface area (Å²) >= 11 is 1.60. The molecule has 1 aliphatic rings. The topological polar surface area (TPSA) is 88.6 Å². The van der Waals surface area contributed by atoms with Crippen LogP contribution in [0.25, 0.3) is 10.4 Å². The number of benzene rings is 1. The molecule has 2 amide bonds. The molecule has 0 radical (unpaired) electrons. The van der Waals surface area contributed by atoms with E-state index in [2.05, 4.69) is 10.3 Å². The van der Waals surface area contributed by atoms with Crippen molar-refractivity contribution in [3.8, 4) is 10.4 Å². The number of aryl methyl sites for hydroxylation is 1. The standard InChI is InChI=1S/C27H37N3O4S/c1-16(2)26(33)34-21-12-22(30(14-21)23(31)13-27(5,6)7)25(32)29-17(3)19-8-10-20(11-9-19)24-18(4)28-15-35-24/h8-11,15-17,21-22H,12-14H2,1-7H3,(H,29,32)/t17-,21+,22-/m0/s1. The highest BCUT2D eigenvalue weighted by Crippen LogP contribution is 2.29. The van der Waals surface area contributed by atoms with Gasteiger partial charge in [0.1, 0.15) is 12.1 Å². The van der Waals surface area contributed by atoms with E-state index < -0.39 is 12.1 Å². The summed E-state index contributed by atoms with van der Waals surface area (Å²) in [6.07, 6.45) is 0.133. The van der Waals surface area contributed by atoms with Gasteiger partial charge in [-0.25, -0.2) is 4.98 Å². The molecule has 1 fully saturated rings. The minimum absolute atomic E-state index is 0.0994. The van der Waals surface area contributed by atoms with Crippen LogP contribution in [-0.2, 0) is 19.1 Å². The van der Waals surface area contributed by atoms with E-state index in [9.17, 15) is 14.4 Å². The first kappa shape index (κ1) is 26.9. The van der Waals surface area contributed by atoms with E-state index in [-0.39, 0.29) is 41.7 Å². The van der Waals surface area contributed by atoms with Crippen LogP contribution in [0.15, 0.2) is 29.8 Å². The Morgan fingerprint density at radius 1 is 1.17 bits per heavy atom. The zero-order valence-corrected chi connectivity index (χ0v) is 22.6. The van der Waals surface area contributed by atoms with Gasteiger partial charge >= 0.3 is 5.97 Å². The largest absolute Gasteiger partial charge is 0.460 e. The van der Waals surface area contributed by atoms with Gasteiger partial charge in [0.15, 0.2) is 0 Å². The van der Waals surface area contributed by atoms with Gasteiger partial charge in [0.2, 0.25) is 11.8 Å². The van der Waals surface area contributed by atoms with Crippen molar-refractivity contribution in [1.29, 1.82) is 0 Å². The molecule has 1 N–H and O–H groups in total. The molecule has 8 heteroatoms. The van der Waals surface area contributed by atoms with Gasteiger partial charge < -0.3 is 15.0 Å². The smallest absolute Gasteiger partial charge is 0.308 e. The third-order valence-corrected chi connectivity index (χ3v) is 7.08. The fraction of sp³-hybridized carbons (Fsp3) is 0.556. The number of likely N-dealkylation sites (tertiary alicyclic amines) is 1. The lowest BCUT2D eigenvalue weighted by atomic mass is 9.91. The predicted molar refractivity (Wildman–Crippen MR) is 138 cm³/mol. The highest BCUT2D eigenvalue weighted by atomic mass is 32.1. The van der Waals surface area contributed by atoms with Gasteiger partial charge in [-0.2, -0.15) is 0 Å². The van der Waals surface area contributed by atoms with E-state index in [0.29, 0.717) is 12.8 Å². The van der Waals surface area contributed by atoms with Crippen molar-refractivity contribution >= 4 is 29.1 Å². The SMILES string of the molecule is Cc1ncsc1-c1ccc([C@H](C)NC(=O)[C@@H]2C[C@@H](OC(=O)C(C)C)CN2C(=O)CC(C)(C)C)cc1. The summed E-state index contributed by atoms with van der Waals surface area (Å²) in [6, 6.07) is 7.17. The Labute approximate surface area is 212 Å². The summed E-state index contributed by atoms with van der Waals surface area (Å²) in [5.41, 5.74) is 4.69. The van der Waals surface area contributed by atoms with E-state index in [0.717, 1.165) is 21.7 Å². The van der Waals surface area contributed by atoms with Crippen molar-refractivity contribution in [3.05, 3.63) is 41.0 Å². The second-order valence-electron chi connectivity index (χ2n) is 10.9. The average molecular weight is 500 g/mol. The van der Waals surface area contributed by atoms with Crippen LogP contribution in [0.2, 0.25) is 0 Å². The molecule has 2 aromatic rings. The molecule has 1 aromatic carbocycles. The number of aromatic nitrogens is 1. The van der Waals surface area contributed by atoms with E-state index in [1.807, 2.05) is 64.4 Å². The minimum atomic E-state index is -0.670. The lowest BCUT2D eigenvalue weighted by molar-refractivity contribution is -0.153. The van der Waals surface area contributed by atoms with Crippen LogP contribution in [0.1, 0.15) is 71.7 Å². The van der Waals surface area contributed by atoms with Crippen molar-refractivity contribution in [2.45, 2.75) is 79.5 Å². The van der Waals surface area contributed by atoms with Crippen molar-refractivity contribution in [2.75, 3.05) is 6.54 Å². The van der Waals surface area contributed by atoms with Crippen LogP contribution in [-0.4, -0.2) is 46.4 Å². The summed E-state index contributed by atoms with van der Waals surface area (Å²) in [7, 11) is 0. The van der Waals surface area contributed by atoms with Crippen LogP contribution in [0.4, 0.5) is 0 Å². The van der Waals surface area contributed by atoms with Gasteiger partial charge in [-0.15, -0.1) is 11.3 Å². The zero-order chi connectivity index (χ0) is 25.9. The molecule has 0 saturated carbocycles. The molecule has 3 rings (SSSR count). The molecule has 0 spiro atoms. The van der Waals surface area contributed by atoms with E-state index in [4.69, 9.17) is 4.74 Å². The van der Waals surface area contributed by atoms with Crippen LogP contribution in [0, 0.1) is 18.3 Å². The fourth-order valence-electron chi connectivity index (χ4n) is 4.16. The Bertz CT molecular complexity index is 1060. The molecule has 1 aliphatic heterocycles. The summed E-state index contributed by atoms with van der Waals surface area (Å²) in [5, 5.41) is 3.07. The first-order valence-electron chi connectivity index (χ1n) is 12.2. The monoisotopic (exact) mass is 499 g/mol. The number of rotatable bonds is 7. The molecule has 3 atom stereocenters. The van der Waals surface area contributed by atoms with Gasteiger partial charge in [0.05, 0.1) is 34.6 Å². The summed E-state index contributed by atoms with van der Waals surface area (Å²) in [6.45, 7) is 13.7. The first-order chi connectivity index (χ1) is 16.4. The van der Waals surface area contributed by atoms with E-state index in [1.165, 1.54) is 0 Å². The lowest BCUT2D eigenvalue weighted by Gasteiger charge is -2.28. The maximum atomic E-state index is 13.3. The third-order valence-electron chi connectivity index (χ3n) is 6.10. The van der Waals surface area contributed by atoms with Gasteiger partial charge in [0.25, 0.3) is 0 Å². The summed E-state index contributed by atoms with van der Waals surface area (Å²) < 4.78 is 5.59. The first-order valence-corrected chi connectivity index (χ1v) is 13.0. The molecule has 0 unspecified atom stereocenters. The lowest BCUT2D eigenvalue weighted by Crippen LogP contribution is -2.47. The molecule has 7 nitrogen and oxygen atoms in total. The molecule has 2 heterocycles. The molecular weight excluding hydrogens is 462 g/mol. The minimum Gasteiger partial charge on any atom is -0.460 e. The van der Waals surface area contributed by atoms with Crippen LogP contribution in [0.3, 0.4) is 0 Å². The van der Waals surface area contributed by atoms with Gasteiger partial charge in [-0.3, -0.25) is 14.4 Å². The van der Waals surface area contributed by atoms with E-state index >= 15 is 0 Å². The second kappa shape index (κ2) is 10.9. The third kappa shape index (κ3) is 6.90. The number of nitrogens with zero attached hydrogens (tertiary/aromatic N) is 2. The maximum absolute atomic E-state index is 13.3. The number of ether oxygens (including phenoxy) is 1. The Balaban J connectivity index is 1.71. The number of esters is 1. The zero-order valence-electron chi connectivity index (χ0n) is 21.8. The fourth-order valence-corrected chi connectivity index (χ4v) is 4.97. The van der Waals surface area contributed by atoms with Gasteiger partial charge in [-0.05, 0) is 30.4 Å². The number of carbonyl (C=O) groups is 3. The van der Waals surface area contributed by atoms with E-state index in [1.54, 1.807) is 30.1 Å². The Hall–Kier alpha value is -2.74. The Kier molecular flexibility index (Phi) is 8.36. The van der Waals surface area contributed by atoms with Crippen LogP contribution < -0.4 is 5.32 Å². The maximum Gasteiger partial charge on any atom is 0.308 e. The van der Waals surface area contributed by atoms with Crippen molar-refractivity contribution in [3.63, 3.8) is 0 Å². The highest BCUT2D eigenvalue weighted by molar-refractivity contribution is 7.13. The van der Waals surface area contributed by atoms with Gasteiger partial charge in [-0.1, -0.05) is 58.9 Å². The number of carbonyl (C=O) groups excluding carboxylic acids is 3. The molecule has 0 aliphatic carbocycles. The predicted octanol–water partition coefficient (Wildman–Crippen LogP) is 4.90. The van der Waals surface area contributed by atoms with Crippen molar-refractivity contribution in [1.82, 2.24) is 15.2 Å². The number of hydrogen-bond acceptors (Lipinski definition) is 6. The number of thiazole rings is 1. The number of hydrogen-bond donors (Lipinski definition) is 1. The number of amides is 2. The molecule has 35 heavy (non-hydrogen) atoms. The summed E-state index contributed by atoms with van der Waals surface area (Å²) in [4.78, 5) is 45.6. The molecule has 1 aromatic heterocycles. The number of nitrogens with one attached hydrogen (secondary N) is 1. The Morgan fingerprint density at radius 3 is 2.37 bits per heavy atom. The normalized spacial score (nSPS) is 19.0. The molecule has 1 saturated heterocycles. The van der Waals surface area contributed by atoms with Crippen molar-refractivity contribution < 1.29 is 19.1 Å². The van der Waals surface area contributed by atoms with Crippen LogP contribution >= 0.6 is 11.3 Å². The molecular formula is C27H37N3O4S. The average Bonchev–Trinajstić information content (AvgIpc) is 3.39. The molecule has 190 valence electrons. The van der Waals surface area contributed by atoms with Gasteiger partial charge in [0, 0.05) is 12.8 Å². The summed E-state index contributed by atoms with van der Waals surface area (Å²) in [5.74, 6) is -0.912. The highest BCUT2D eigenvalue weighted by Gasteiger charge is 2.42.